The second-order valence-electron chi connectivity index (χ2n) is 13.4. The van der Waals surface area contributed by atoms with Crippen LogP contribution >= 0.6 is 0 Å². The highest BCUT2D eigenvalue weighted by Crippen LogP contribution is 2.34. The lowest BCUT2D eigenvalue weighted by atomic mass is 10.1. The number of aromatic amines is 4. The Bertz CT molecular complexity index is 2790. The van der Waals surface area contributed by atoms with E-state index in [9.17, 15) is 45.5 Å². The van der Waals surface area contributed by atoms with Crippen LogP contribution in [0.4, 0.5) is 53.0 Å². The molecule has 1 aliphatic rings. The fraction of sp³-hybridized carbons (Fsp3) is 0.211. The van der Waals surface area contributed by atoms with E-state index in [-0.39, 0.29) is 18.8 Å². The summed E-state index contributed by atoms with van der Waals surface area (Å²) in [6, 6.07) is 15.4. The third-order valence-electron chi connectivity index (χ3n) is 9.32. The van der Waals surface area contributed by atoms with E-state index in [0.717, 1.165) is 24.3 Å². The monoisotopic (exact) mass is 852 g/mol. The Kier molecular flexibility index (Phi) is 11.8. The largest absolute Gasteiger partial charge is 0.416 e. The molecule has 1 saturated heterocycles. The molecule has 0 spiro atoms. The summed E-state index contributed by atoms with van der Waals surface area (Å²) in [5.41, 5.74) is 1.81. The van der Waals surface area contributed by atoms with Crippen molar-refractivity contribution < 1.29 is 40.7 Å². The number of fused-ring (bicyclic) bond motifs is 2. The highest BCUT2D eigenvalue weighted by Gasteiger charge is 2.33. The Hall–Kier alpha value is -7.56. The SMILES string of the molecule is O=C(NCc1ccc(C(F)(F)F)cc1-n1cncn1)Nc1cccc2[nH]c(=O)[nH]c12.O=C(NCc1ccc(C(F)(F)F)cc1N1CCOCC1)Nc1cccc2[nH]c(=O)[nH]c12. The quantitative estimate of drug-likeness (QED) is 0.0870. The third kappa shape index (κ3) is 10.0. The van der Waals surface area contributed by atoms with Crippen molar-refractivity contribution in [3.63, 3.8) is 0 Å². The number of urea groups is 2. The average Bonchev–Trinajstić information content (AvgIpc) is 3.99. The number of rotatable bonds is 8. The van der Waals surface area contributed by atoms with Crippen LogP contribution in [-0.4, -0.2) is 73.1 Å². The zero-order valence-corrected chi connectivity index (χ0v) is 31.4. The number of alkyl halides is 6. The number of imidazole rings is 2. The van der Waals surface area contributed by atoms with Gasteiger partial charge in [-0.3, -0.25) is 0 Å². The average molecular weight is 853 g/mol. The summed E-state index contributed by atoms with van der Waals surface area (Å²) < 4.78 is 85.3. The highest BCUT2D eigenvalue weighted by molar-refractivity contribution is 5.99. The van der Waals surface area contributed by atoms with Crippen LogP contribution in [0.15, 0.2) is 95.0 Å². The van der Waals surface area contributed by atoms with Gasteiger partial charge in [0.2, 0.25) is 0 Å². The van der Waals surface area contributed by atoms with Crippen molar-refractivity contribution in [1.29, 1.82) is 0 Å². The molecule has 61 heavy (non-hydrogen) atoms. The van der Waals surface area contributed by atoms with Gasteiger partial charge in [-0.25, -0.2) is 28.8 Å². The number of halogens is 6. The molecule has 8 N–H and O–H groups in total. The molecule has 7 aromatic rings. The van der Waals surface area contributed by atoms with Crippen LogP contribution in [-0.2, 0) is 30.2 Å². The van der Waals surface area contributed by atoms with E-state index in [2.05, 4.69) is 51.3 Å². The summed E-state index contributed by atoms with van der Waals surface area (Å²) in [6.45, 7) is 1.72. The van der Waals surface area contributed by atoms with Gasteiger partial charge in [0.05, 0.1) is 63.5 Å². The predicted molar refractivity (Wildman–Crippen MR) is 210 cm³/mol. The lowest BCUT2D eigenvalue weighted by molar-refractivity contribution is -0.138. The molecule has 0 saturated carbocycles. The first-order valence-corrected chi connectivity index (χ1v) is 18.2. The van der Waals surface area contributed by atoms with Gasteiger partial charge in [-0.05, 0) is 59.7 Å². The molecule has 8 rings (SSSR count). The van der Waals surface area contributed by atoms with Gasteiger partial charge in [0.1, 0.15) is 12.7 Å². The second-order valence-corrected chi connectivity index (χ2v) is 13.4. The molecule has 4 amide bonds. The molecule has 0 aliphatic carbocycles. The van der Waals surface area contributed by atoms with Crippen molar-refractivity contribution in [2.24, 2.45) is 0 Å². The highest BCUT2D eigenvalue weighted by atomic mass is 19.4. The molecule has 1 aliphatic heterocycles. The molecule has 23 heteroatoms. The summed E-state index contributed by atoms with van der Waals surface area (Å²) in [5.74, 6) is 0. The topological polar surface area (TPSA) is 223 Å². The number of morpholine rings is 1. The van der Waals surface area contributed by atoms with Gasteiger partial charge in [-0.15, -0.1) is 0 Å². The predicted octanol–water partition coefficient (Wildman–Crippen LogP) is 5.81. The number of carbonyl (C=O) groups is 2. The number of ether oxygens (including phenoxy) is 1. The maximum absolute atomic E-state index is 13.2. The van der Waals surface area contributed by atoms with Gasteiger partial charge in [0, 0.05) is 31.9 Å². The number of carbonyl (C=O) groups excluding carboxylic acids is 2. The lowest BCUT2D eigenvalue weighted by Gasteiger charge is -2.31. The van der Waals surface area contributed by atoms with Gasteiger partial charge in [-0.2, -0.15) is 31.4 Å². The van der Waals surface area contributed by atoms with E-state index in [1.807, 2.05) is 4.90 Å². The van der Waals surface area contributed by atoms with Crippen LogP contribution in [0.25, 0.3) is 27.8 Å². The van der Waals surface area contributed by atoms with Gasteiger partial charge in [0.15, 0.2) is 0 Å². The maximum Gasteiger partial charge on any atom is 0.416 e. The summed E-state index contributed by atoms with van der Waals surface area (Å²) in [5, 5.41) is 14.4. The van der Waals surface area contributed by atoms with Crippen molar-refractivity contribution in [3.05, 3.63) is 129 Å². The van der Waals surface area contributed by atoms with E-state index in [4.69, 9.17) is 4.74 Å². The maximum atomic E-state index is 13.2. The van der Waals surface area contributed by atoms with Crippen LogP contribution in [0.3, 0.4) is 0 Å². The Balaban J connectivity index is 0.000000184. The van der Waals surface area contributed by atoms with Crippen molar-refractivity contribution >= 4 is 51.2 Å². The van der Waals surface area contributed by atoms with E-state index < -0.39 is 46.9 Å². The van der Waals surface area contributed by atoms with Crippen molar-refractivity contribution in [3.8, 4) is 5.69 Å². The van der Waals surface area contributed by atoms with E-state index in [0.29, 0.717) is 76.6 Å². The standard InChI is InChI=1S/C20H20F3N5O3.C18H14F3N7O2/c21-20(22,23)13-5-4-12(16(10-13)28-6-8-31-9-7-28)11-24-18(29)25-14-2-1-3-15-17(14)27-19(30)26-15;19-18(20,21)11-5-4-10(14(6-11)28-9-22-8-24-28)7-23-16(29)25-12-2-1-3-13-15(12)27-17(30)26-13/h1-5,10H,6-9,11H2,(H2,24,25,29)(H2,26,27,30);1-6,8-9H,7H2,(H2,23,25,29)(H2,26,27,30). The number of amides is 4. The first kappa shape index (κ1) is 41.6. The number of hydrogen-bond donors (Lipinski definition) is 8. The zero-order chi connectivity index (χ0) is 43.3. The Labute approximate surface area is 338 Å². The van der Waals surface area contributed by atoms with Crippen LogP contribution in [0, 0.1) is 0 Å². The molecule has 0 atom stereocenters. The first-order valence-electron chi connectivity index (χ1n) is 18.2. The molecule has 0 radical (unpaired) electrons. The minimum atomic E-state index is -4.52. The van der Waals surface area contributed by atoms with E-state index in [1.54, 1.807) is 36.4 Å². The summed E-state index contributed by atoms with van der Waals surface area (Å²) in [7, 11) is 0. The normalized spacial score (nSPS) is 13.1. The van der Waals surface area contributed by atoms with E-state index in [1.165, 1.54) is 29.5 Å². The number of benzene rings is 4. The third-order valence-corrected chi connectivity index (χ3v) is 9.32. The summed E-state index contributed by atoms with van der Waals surface area (Å²) >= 11 is 0. The number of nitrogens with one attached hydrogen (secondary N) is 8. The molecule has 1 fully saturated rings. The molecule has 4 aromatic carbocycles. The fourth-order valence-electron chi connectivity index (χ4n) is 6.43. The zero-order valence-electron chi connectivity index (χ0n) is 31.4. The number of hydrogen-bond acceptors (Lipinski definition) is 8. The van der Waals surface area contributed by atoms with Crippen molar-refractivity contribution in [2.45, 2.75) is 25.4 Å². The van der Waals surface area contributed by atoms with Crippen LogP contribution in [0.2, 0.25) is 0 Å². The number of aromatic nitrogens is 7. The number of H-pyrrole nitrogens is 4. The molecule has 318 valence electrons. The summed E-state index contributed by atoms with van der Waals surface area (Å²) in [6.07, 6.45) is -6.52. The lowest BCUT2D eigenvalue weighted by Crippen LogP contribution is -2.37. The molecule has 3 aromatic heterocycles. The van der Waals surface area contributed by atoms with Crippen LogP contribution in [0.1, 0.15) is 22.3 Å². The Morgan fingerprint density at radius 1 is 0.672 bits per heavy atom. The minimum absolute atomic E-state index is 0.0241. The molecule has 0 unspecified atom stereocenters. The fourth-order valence-corrected chi connectivity index (χ4v) is 6.43. The first-order chi connectivity index (χ1) is 29.1. The Morgan fingerprint density at radius 3 is 1.64 bits per heavy atom. The van der Waals surface area contributed by atoms with Gasteiger partial charge < -0.3 is 50.8 Å². The minimum Gasteiger partial charge on any atom is -0.378 e. The van der Waals surface area contributed by atoms with Crippen molar-refractivity contribution in [1.82, 2.24) is 45.3 Å². The van der Waals surface area contributed by atoms with E-state index >= 15 is 0 Å². The smallest absolute Gasteiger partial charge is 0.378 e. The second kappa shape index (κ2) is 17.3. The van der Waals surface area contributed by atoms with Gasteiger partial charge in [0.25, 0.3) is 0 Å². The number of nitrogens with zero attached hydrogens (tertiary/aromatic N) is 4. The Morgan fingerprint density at radius 2 is 1.16 bits per heavy atom. The molecule has 17 nitrogen and oxygen atoms in total. The molecule has 4 heterocycles. The van der Waals surface area contributed by atoms with Crippen molar-refractivity contribution in [2.75, 3.05) is 41.8 Å². The summed E-state index contributed by atoms with van der Waals surface area (Å²) in [4.78, 5) is 63.6. The molecular weight excluding hydrogens is 818 g/mol. The van der Waals surface area contributed by atoms with Gasteiger partial charge in [-0.1, -0.05) is 24.3 Å². The number of anilines is 3. The van der Waals surface area contributed by atoms with Gasteiger partial charge >= 0.3 is 35.8 Å². The van der Waals surface area contributed by atoms with Crippen LogP contribution in [0.5, 0.6) is 0 Å². The molecule has 0 bridgehead atoms. The molecular formula is C38H34F6N12O5. The van der Waals surface area contributed by atoms with Crippen LogP contribution < -0.4 is 37.5 Å². The number of para-hydroxylation sites is 2.